The molecule has 4 aromatic heterocycles. The normalized spacial score (nSPS) is 12.7. The smallest absolute Gasteiger partial charge is 0.271 e. The molecule has 1 amide bonds. The predicted octanol–water partition coefficient (Wildman–Crippen LogP) is 2.97. The van der Waals surface area contributed by atoms with Gasteiger partial charge in [0.05, 0.1) is 12.8 Å². The van der Waals surface area contributed by atoms with Crippen molar-refractivity contribution < 1.29 is 18.3 Å². The van der Waals surface area contributed by atoms with E-state index in [1.165, 1.54) is 46.4 Å². The lowest BCUT2D eigenvalue weighted by Crippen LogP contribution is -2.23. The van der Waals surface area contributed by atoms with E-state index in [9.17, 15) is 13.6 Å². The molecule has 1 aliphatic heterocycles. The fourth-order valence-electron chi connectivity index (χ4n) is 4.45. The fourth-order valence-corrected chi connectivity index (χ4v) is 4.45. The van der Waals surface area contributed by atoms with Crippen molar-refractivity contribution in [3.63, 3.8) is 0 Å². The average molecular weight is 490 g/mol. The van der Waals surface area contributed by atoms with Gasteiger partial charge in [0, 0.05) is 61.7 Å². The van der Waals surface area contributed by atoms with Crippen molar-refractivity contribution in [2.45, 2.75) is 13.0 Å². The van der Waals surface area contributed by atoms with Crippen LogP contribution in [0.1, 0.15) is 21.6 Å². The maximum atomic E-state index is 14.7. The van der Waals surface area contributed by atoms with Crippen molar-refractivity contribution in [2.75, 3.05) is 26.0 Å². The fraction of sp³-hybridized carbons (Fsp3) is 0.208. The van der Waals surface area contributed by atoms with Crippen molar-refractivity contribution in [3.05, 3.63) is 71.6 Å². The molecule has 6 rings (SSSR count). The van der Waals surface area contributed by atoms with Gasteiger partial charge in [-0.25, -0.2) is 18.7 Å². The van der Waals surface area contributed by atoms with E-state index in [1.54, 1.807) is 24.6 Å². The first-order chi connectivity index (χ1) is 17.4. The predicted molar refractivity (Wildman–Crippen MR) is 126 cm³/mol. The second-order valence-electron chi connectivity index (χ2n) is 8.58. The molecular formula is C24H20F2N8O2. The number of carbonyl (C=O) groups is 1. The summed E-state index contributed by atoms with van der Waals surface area (Å²) >= 11 is 0. The van der Waals surface area contributed by atoms with Gasteiger partial charge in [-0.05, 0) is 18.2 Å². The molecule has 0 saturated heterocycles. The lowest BCUT2D eigenvalue weighted by molar-refractivity contribution is 0.0821. The summed E-state index contributed by atoms with van der Waals surface area (Å²) in [7, 11) is 3.22. The first-order valence-corrected chi connectivity index (χ1v) is 11.2. The molecule has 0 fully saturated rings. The molecular weight excluding hydrogens is 470 g/mol. The summed E-state index contributed by atoms with van der Waals surface area (Å²) in [6, 6.07) is 4.34. The van der Waals surface area contributed by atoms with Crippen LogP contribution in [0.4, 0.5) is 14.7 Å². The quantitative estimate of drug-likeness (QED) is 0.404. The van der Waals surface area contributed by atoms with Crippen LogP contribution in [0.25, 0.3) is 22.4 Å². The number of anilines is 1. The summed E-state index contributed by atoms with van der Waals surface area (Å²) in [5.41, 5.74) is 3.21. The molecule has 0 radical (unpaired) electrons. The number of hydrogen-bond acceptors (Lipinski definition) is 7. The first-order valence-electron chi connectivity index (χ1n) is 11.2. The highest BCUT2D eigenvalue weighted by Gasteiger charge is 2.22. The van der Waals surface area contributed by atoms with Crippen LogP contribution in [-0.2, 0) is 13.0 Å². The van der Waals surface area contributed by atoms with Gasteiger partial charge in [0.25, 0.3) is 5.91 Å². The summed E-state index contributed by atoms with van der Waals surface area (Å²) < 4.78 is 37.8. The highest BCUT2D eigenvalue weighted by atomic mass is 19.1. The summed E-state index contributed by atoms with van der Waals surface area (Å²) in [6.45, 7) is 0.699. The van der Waals surface area contributed by atoms with E-state index in [1.807, 2.05) is 0 Å². The number of hydrogen-bond donors (Lipinski definition) is 1. The topological polar surface area (TPSA) is 102 Å². The van der Waals surface area contributed by atoms with E-state index in [0.29, 0.717) is 52.7 Å². The number of nitrogens with zero attached hydrogens (tertiary/aromatic N) is 7. The van der Waals surface area contributed by atoms with E-state index >= 15 is 0 Å². The van der Waals surface area contributed by atoms with Crippen molar-refractivity contribution in [1.29, 1.82) is 0 Å². The standard InChI is InChI=1S/C24H20F2N8O2/c1-32(2)23(35)19-10-27-21-15(7-13(25)11-33(19)21)17-9-29-24(34-12-30-31-22(17)34)28-8-16-14-5-6-36-20(14)4-3-18(16)26/h3-4,7,9-12H,5-6,8H2,1-2H3,(H,28,29). The Hall–Kier alpha value is -4.61. The van der Waals surface area contributed by atoms with Gasteiger partial charge in [0.15, 0.2) is 5.65 Å². The zero-order chi connectivity index (χ0) is 25.0. The summed E-state index contributed by atoms with van der Waals surface area (Å²) in [4.78, 5) is 22.8. The minimum Gasteiger partial charge on any atom is -0.493 e. The number of rotatable bonds is 5. The van der Waals surface area contributed by atoms with Crippen LogP contribution in [0, 0.1) is 11.6 Å². The SMILES string of the molecule is CN(C)C(=O)c1cnc2c(-c3cnc(NCc4c(F)ccc5c4CCO5)n4cnnc34)cc(F)cn12. The highest BCUT2D eigenvalue weighted by molar-refractivity contribution is 5.95. The molecule has 5 aromatic rings. The molecule has 0 unspecified atom stereocenters. The minimum atomic E-state index is -0.557. The van der Waals surface area contributed by atoms with Gasteiger partial charge in [-0.3, -0.25) is 13.6 Å². The van der Waals surface area contributed by atoms with E-state index < -0.39 is 5.82 Å². The number of halogens is 2. The zero-order valence-electron chi connectivity index (χ0n) is 19.4. The molecule has 5 heterocycles. The number of fused-ring (bicyclic) bond motifs is 3. The Labute approximate surface area is 203 Å². The van der Waals surface area contributed by atoms with E-state index in [0.717, 1.165) is 5.56 Å². The van der Waals surface area contributed by atoms with Crippen LogP contribution in [0.5, 0.6) is 5.75 Å². The Morgan fingerprint density at radius 2 is 2.00 bits per heavy atom. The lowest BCUT2D eigenvalue weighted by Gasteiger charge is -2.13. The molecule has 0 aliphatic carbocycles. The summed E-state index contributed by atoms with van der Waals surface area (Å²) in [6.07, 6.45) is 6.24. The van der Waals surface area contributed by atoms with E-state index in [2.05, 4.69) is 25.5 Å². The molecule has 36 heavy (non-hydrogen) atoms. The second-order valence-corrected chi connectivity index (χ2v) is 8.58. The number of benzene rings is 1. The van der Waals surface area contributed by atoms with Crippen molar-refractivity contribution >= 4 is 23.1 Å². The number of aromatic nitrogens is 6. The molecule has 12 heteroatoms. The van der Waals surface area contributed by atoms with Gasteiger partial charge < -0.3 is 15.0 Å². The Balaban J connectivity index is 1.41. The van der Waals surface area contributed by atoms with Crippen LogP contribution < -0.4 is 10.1 Å². The first kappa shape index (κ1) is 21.9. The summed E-state index contributed by atoms with van der Waals surface area (Å²) in [5, 5.41) is 11.3. The van der Waals surface area contributed by atoms with Gasteiger partial charge in [0.1, 0.15) is 35.1 Å². The molecule has 1 aromatic carbocycles. The third kappa shape index (κ3) is 3.41. The van der Waals surface area contributed by atoms with Crippen molar-refractivity contribution in [1.82, 2.24) is 33.9 Å². The second kappa shape index (κ2) is 8.26. The minimum absolute atomic E-state index is 0.179. The molecule has 182 valence electrons. The Kier molecular flexibility index (Phi) is 5.02. The summed E-state index contributed by atoms with van der Waals surface area (Å²) in [5.74, 6) is -0.122. The van der Waals surface area contributed by atoms with Gasteiger partial charge in [0.2, 0.25) is 5.95 Å². The van der Waals surface area contributed by atoms with Gasteiger partial charge in [-0.15, -0.1) is 10.2 Å². The van der Waals surface area contributed by atoms with Crippen LogP contribution in [0.15, 0.2) is 43.1 Å². The molecule has 1 N–H and O–H groups in total. The Bertz CT molecular complexity index is 1660. The van der Waals surface area contributed by atoms with Gasteiger partial charge >= 0.3 is 0 Å². The third-order valence-corrected chi connectivity index (χ3v) is 6.18. The number of imidazole rings is 1. The number of pyridine rings is 1. The van der Waals surface area contributed by atoms with E-state index in [-0.39, 0.29) is 24.0 Å². The van der Waals surface area contributed by atoms with Gasteiger partial charge in [-0.1, -0.05) is 0 Å². The van der Waals surface area contributed by atoms with E-state index in [4.69, 9.17) is 4.74 Å². The number of amides is 1. The van der Waals surface area contributed by atoms with Crippen LogP contribution >= 0.6 is 0 Å². The lowest BCUT2D eigenvalue weighted by atomic mass is 10.0. The number of ether oxygens (including phenoxy) is 1. The maximum Gasteiger partial charge on any atom is 0.271 e. The number of nitrogens with one attached hydrogen (secondary N) is 1. The van der Waals surface area contributed by atoms with Crippen molar-refractivity contribution in [2.24, 2.45) is 0 Å². The number of carbonyl (C=O) groups excluding carboxylic acids is 1. The molecule has 0 bridgehead atoms. The van der Waals surface area contributed by atoms with Crippen LogP contribution in [0.3, 0.4) is 0 Å². The third-order valence-electron chi connectivity index (χ3n) is 6.18. The maximum absolute atomic E-state index is 14.7. The van der Waals surface area contributed by atoms with Crippen LogP contribution in [0.2, 0.25) is 0 Å². The molecule has 0 saturated carbocycles. The Morgan fingerprint density at radius 1 is 1.14 bits per heavy atom. The van der Waals surface area contributed by atoms with Gasteiger partial charge in [-0.2, -0.15) is 0 Å². The largest absolute Gasteiger partial charge is 0.493 e. The zero-order valence-corrected chi connectivity index (χ0v) is 19.4. The van der Waals surface area contributed by atoms with Crippen LogP contribution in [-0.4, -0.2) is 60.5 Å². The highest BCUT2D eigenvalue weighted by Crippen LogP contribution is 2.32. The monoisotopic (exact) mass is 490 g/mol. The Morgan fingerprint density at radius 3 is 2.83 bits per heavy atom. The average Bonchev–Trinajstić information content (AvgIpc) is 3.61. The van der Waals surface area contributed by atoms with Crippen molar-refractivity contribution in [3.8, 4) is 16.9 Å². The molecule has 0 atom stereocenters. The molecule has 10 nitrogen and oxygen atoms in total. The molecule has 0 spiro atoms. The molecule has 1 aliphatic rings.